The van der Waals surface area contributed by atoms with Crippen LogP contribution in [0, 0.1) is 5.92 Å². The third kappa shape index (κ3) is 4.91. The van der Waals surface area contributed by atoms with E-state index >= 15 is 0 Å². The number of amides is 1. The summed E-state index contributed by atoms with van der Waals surface area (Å²) in [5.41, 5.74) is 0.558. The number of benzene rings is 1. The molecule has 0 unspecified atom stereocenters. The predicted octanol–water partition coefficient (Wildman–Crippen LogP) is 2.64. The molecule has 1 aromatic carbocycles. The molecule has 0 bridgehead atoms. The molecule has 1 N–H and O–H groups in total. The summed E-state index contributed by atoms with van der Waals surface area (Å²) in [4.78, 5) is 12.2. The fraction of sp³-hybridized carbons (Fsp3) is 0.588. The highest BCUT2D eigenvalue weighted by Gasteiger charge is 2.14. The maximum Gasteiger partial charge on any atom is 0.251 e. The largest absolute Gasteiger partial charge is 0.497 e. The van der Waals surface area contributed by atoms with Gasteiger partial charge in [0.1, 0.15) is 11.5 Å². The zero-order chi connectivity index (χ0) is 15.8. The Balaban J connectivity index is 1.79. The minimum atomic E-state index is -0.0934. The first-order valence-corrected chi connectivity index (χ1v) is 7.82. The van der Waals surface area contributed by atoms with Crippen LogP contribution in [0.4, 0.5) is 0 Å². The first kappa shape index (κ1) is 16.6. The van der Waals surface area contributed by atoms with Crippen LogP contribution in [-0.4, -0.2) is 39.9 Å². The Morgan fingerprint density at radius 2 is 1.82 bits per heavy atom. The van der Waals surface area contributed by atoms with E-state index in [9.17, 15) is 4.79 Å². The summed E-state index contributed by atoms with van der Waals surface area (Å²) in [7, 11) is 3.15. The van der Waals surface area contributed by atoms with E-state index < -0.39 is 0 Å². The van der Waals surface area contributed by atoms with Crippen molar-refractivity contribution >= 4 is 5.91 Å². The molecule has 0 spiro atoms. The second kappa shape index (κ2) is 8.63. The molecule has 122 valence electrons. The smallest absolute Gasteiger partial charge is 0.251 e. The Labute approximate surface area is 131 Å². The number of hydrogen-bond acceptors (Lipinski definition) is 4. The lowest BCUT2D eigenvalue weighted by Crippen LogP contribution is -2.25. The Hall–Kier alpha value is -1.75. The number of ether oxygens (including phenoxy) is 3. The summed E-state index contributed by atoms with van der Waals surface area (Å²) in [5.74, 6) is 1.88. The second-order valence-corrected chi connectivity index (χ2v) is 5.56. The molecule has 1 aliphatic heterocycles. The number of carbonyl (C=O) groups is 1. The first-order valence-electron chi connectivity index (χ1n) is 7.82. The van der Waals surface area contributed by atoms with Crippen molar-refractivity contribution in [3.63, 3.8) is 0 Å². The van der Waals surface area contributed by atoms with Crippen LogP contribution in [-0.2, 0) is 4.74 Å². The van der Waals surface area contributed by atoms with Crippen LogP contribution in [0.2, 0.25) is 0 Å². The molecule has 1 heterocycles. The van der Waals surface area contributed by atoms with Crippen LogP contribution in [0.15, 0.2) is 18.2 Å². The lowest BCUT2D eigenvalue weighted by atomic mass is 9.95. The van der Waals surface area contributed by atoms with Gasteiger partial charge in [-0.15, -0.1) is 0 Å². The summed E-state index contributed by atoms with van der Waals surface area (Å²) < 4.78 is 15.7. The van der Waals surface area contributed by atoms with E-state index in [0.29, 0.717) is 23.6 Å². The fourth-order valence-corrected chi connectivity index (χ4v) is 2.67. The van der Waals surface area contributed by atoms with E-state index in [2.05, 4.69) is 5.32 Å². The average Bonchev–Trinajstić information content (AvgIpc) is 2.58. The van der Waals surface area contributed by atoms with E-state index in [1.165, 1.54) is 0 Å². The fourth-order valence-electron chi connectivity index (χ4n) is 2.67. The van der Waals surface area contributed by atoms with Gasteiger partial charge in [-0.25, -0.2) is 0 Å². The van der Waals surface area contributed by atoms with E-state index in [4.69, 9.17) is 14.2 Å². The van der Waals surface area contributed by atoms with Crippen molar-refractivity contribution in [3.8, 4) is 11.5 Å². The molecule has 0 radical (unpaired) electrons. The molecule has 1 amide bonds. The second-order valence-electron chi connectivity index (χ2n) is 5.56. The molecule has 0 atom stereocenters. The van der Waals surface area contributed by atoms with Crippen LogP contribution in [0.1, 0.15) is 36.0 Å². The normalized spacial score (nSPS) is 15.4. The number of hydrogen-bond donors (Lipinski definition) is 1. The van der Waals surface area contributed by atoms with Gasteiger partial charge in [0.25, 0.3) is 5.91 Å². The maximum absolute atomic E-state index is 12.2. The summed E-state index contributed by atoms with van der Waals surface area (Å²) in [6.07, 6.45) is 4.42. The van der Waals surface area contributed by atoms with Crippen LogP contribution >= 0.6 is 0 Å². The summed E-state index contributed by atoms with van der Waals surface area (Å²) in [5, 5.41) is 2.96. The van der Waals surface area contributed by atoms with Gasteiger partial charge in [0, 0.05) is 31.4 Å². The molecule has 1 fully saturated rings. The average molecular weight is 307 g/mol. The summed E-state index contributed by atoms with van der Waals surface area (Å²) >= 11 is 0. The van der Waals surface area contributed by atoms with Gasteiger partial charge in [-0.2, -0.15) is 0 Å². The standard InChI is InChI=1S/C17H25NO4/c1-20-15-10-14(11-16(12-15)21-2)17(19)18-7-3-4-13-5-8-22-9-6-13/h10-13H,3-9H2,1-2H3,(H,18,19). The molecule has 1 aromatic rings. The topological polar surface area (TPSA) is 56.8 Å². The third-order valence-electron chi connectivity index (χ3n) is 4.03. The Morgan fingerprint density at radius 3 is 2.41 bits per heavy atom. The van der Waals surface area contributed by atoms with Crippen molar-refractivity contribution in [3.05, 3.63) is 23.8 Å². The molecule has 1 aliphatic rings. The van der Waals surface area contributed by atoms with Gasteiger partial charge < -0.3 is 19.5 Å². The predicted molar refractivity (Wildman–Crippen MR) is 84.7 cm³/mol. The Morgan fingerprint density at radius 1 is 1.18 bits per heavy atom. The van der Waals surface area contributed by atoms with Crippen molar-refractivity contribution in [1.29, 1.82) is 0 Å². The lowest BCUT2D eigenvalue weighted by Gasteiger charge is -2.21. The van der Waals surface area contributed by atoms with E-state index in [-0.39, 0.29) is 5.91 Å². The number of carbonyl (C=O) groups excluding carboxylic acids is 1. The molecule has 0 saturated carbocycles. The highest BCUT2D eigenvalue weighted by atomic mass is 16.5. The number of nitrogens with one attached hydrogen (secondary N) is 1. The van der Waals surface area contributed by atoms with Gasteiger partial charge in [-0.1, -0.05) is 0 Å². The lowest BCUT2D eigenvalue weighted by molar-refractivity contribution is 0.0631. The van der Waals surface area contributed by atoms with Crippen LogP contribution < -0.4 is 14.8 Å². The van der Waals surface area contributed by atoms with Crippen LogP contribution in [0.5, 0.6) is 11.5 Å². The van der Waals surface area contributed by atoms with Crippen molar-refractivity contribution in [1.82, 2.24) is 5.32 Å². The third-order valence-corrected chi connectivity index (χ3v) is 4.03. The molecular weight excluding hydrogens is 282 g/mol. The number of rotatable bonds is 7. The molecule has 22 heavy (non-hydrogen) atoms. The van der Waals surface area contributed by atoms with Crippen LogP contribution in [0.25, 0.3) is 0 Å². The summed E-state index contributed by atoms with van der Waals surface area (Å²) in [6.45, 7) is 2.44. The molecule has 1 saturated heterocycles. The molecule has 2 rings (SSSR count). The van der Waals surface area contributed by atoms with Gasteiger partial charge in [-0.05, 0) is 43.7 Å². The maximum atomic E-state index is 12.2. The SMILES string of the molecule is COc1cc(OC)cc(C(=O)NCCCC2CCOCC2)c1. The van der Waals surface area contributed by atoms with E-state index in [1.54, 1.807) is 32.4 Å². The number of methoxy groups -OCH3 is 2. The van der Waals surface area contributed by atoms with E-state index in [0.717, 1.165) is 44.8 Å². The minimum absolute atomic E-state index is 0.0934. The van der Waals surface area contributed by atoms with Gasteiger partial charge >= 0.3 is 0 Å². The van der Waals surface area contributed by atoms with Gasteiger partial charge in [0.05, 0.1) is 14.2 Å². The molecule has 0 aliphatic carbocycles. The Kier molecular flexibility index (Phi) is 6.52. The van der Waals surface area contributed by atoms with Gasteiger partial charge in [0.15, 0.2) is 0 Å². The first-order chi connectivity index (χ1) is 10.7. The molecule has 0 aromatic heterocycles. The van der Waals surface area contributed by atoms with Crippen molar-refractivity contribution in [2.24, 2.45) is 5.92 Å². The minimum Gasteiger partial charge on any atom is -0.497 e. The molecule has 5 heteroatoms. The Bertz CT molecular complexity index is 461. The van der Waals surface area contributed by atoms with Crippen molar-refractivity contribution in [2.75, 3.05) is 34.0 Å². The van der Waals surface area contributed by atoms with Gasteiger partial charge in [-0.3, -0.25) is 4.79 Å². The van der Waals surface area contributed by atoms with Crippen LogP contribution in [0.3, 0.4) is 0 Å². The summed E-state index contributed by atoms with van der Waals surface area (Å²) in [6, 6.07) is 5.19. The zero-order valence-corrected chi connectivity index (χ0v) is 13.4. The zero-order valence-electron chi connectivity index (χ0n) is 13.4. The van der Waals surface area contributed by atoms with E-state index in [1.807, 2.05) is 0 Å². The quantitative estimate of drug-likeness (QED) is 0.787. The van der Waals surface area contributed by atoms with Crippen molar-refractivity contribution in [2.45, 2.75) is 25.7 Å². The highest BCUT2D eigenvalue weighted by molar-refractivity contribution is 5.95. The van der Waals surface area contributed by atoms with Crippen molar-refractivity contribution < 1.29 is 19.0 Å². The highest BCUT2D eigenvalue weighted by Crippen LogP contribution is 2.22. The molecule has 5 nitrogen and oxygen atoms in total. The van der Waals surface area contributed by atoms with Gasteiger partial charge in [0.2, 0.25) is 0 Å². The monoisotopic (exact) mass is 307 g/mol. The molecular formula is C17H25NO4.